The van der Waals surface area contributed by atoms with Gasteiger partial charge in [0.05, 0.1) is 5.75 Å². The van der Waals surface area contributed by atoms with Crippen molar-refractivity contribution < 1.29 is 13.0 Å². The van der Waals surface area contributed by atoms with E-state index in [1.807, 2.05) is 0 Å². The summed E-state index contributed by atoms with van der Waals surface area (Å²) in [4.78, 5) is 11.4. The summed E-state index contributed by atoms with van der Waals surface area (Å²) in [6.07, 6.45) is 4.62. The maximum atomic E-state index is 11.4. The van der Waals surface area contributed by atoms with Crippen molar-refractivity contribution in [2.24, 2.45) is 0 Å². The van der Waals surface area contributed by atoms with Crippen LogP contribution in [0.2, 0.25) is 0 Å². The molecule has 0 bridgehead atoms. The van der Waals surface area contributed by atoms with E-state index in [1.54, 1.807) is 0 Å². The molecule has 0 radical (unpaired) electrons. The molecule has 0 amide bonds. The van der Waals surface area contributed by atoms with E-state index in [-0.39, 0.29) is 24.4 Å². The number of hydrogen-bond acceptors (Lipinski definition) is 3. The SMILES string of the molecule is C=Cn1ccn(CCCS(=O)(=O)O)c1=O. The molecule has 6 nitrogen and oxygen atoms in total. The van der Waals surface area contributed by atoms with Gasteiger partial charge in [-0.2, -0.15) is 8.42 Å². The third-order valence-electron chi connectivity index (χ3n) is 1.87. The average molecular weight is 232 g/mol. The molecule has 84 valence electrons. The van der Waals surface area contributed by atoms with Crippen LogP contribution in [0.1, 0.15) is 6.42 Å². The number of imidazole rings is 1. The number of aromatic nitrogens is 2. The second-order valence-electron chi connectivity index (χ2n) is 3.00. The Hall–Kier alpha value is -1.34. The molecule has 0 aliphatic heterocycles. The molecule has 15 heavy (non-hydrogen) atoms. The molecule has 0 atom stereocenters. The molecule has 0 unspecified atom stereocenters. The van der Waals surface area contributed by atoms with E-state index in [9.17, 15) is 13.2 Å². The fourth-order valence-electron chi connectivity index (χ4n) is 1.15. The monoisotopic (exact) mass is 232 g/mol. The maximum absolute atomic E-state index is 11.4. The molecule has 1 aromatic rings. The van der Waals surface area contributed by atoms with Gasteiger partial charge >= 0.3 is 5.69 Å². The molecule has 0 saturated heterocycles. The van der Waals surface area contributed by atoms with Gasteiger partial charge in [-0.15, -0.1) is 0 Å². The highest BCUT2D eigenvalue weighted by Crippen LogP contribution is 1.93. The molecular weight excluding hydrogens is 220 g/mol. The van der Waals surface area contributed by atoms with Crippen molar-refractivity contribution in [2.75, 3.05) is 5.75 Å². The van der Waals surface area contributed by atoms with Gasteiger partial charge in [-0.1, -0.05) is 6.58 Å². The van der Waals surface area contributed by atoms with Crippen molar-refractivity contribution in [3.8, 4) is 0 Å². The summed E-state index contributed by atoms with van der Waals surface area (Å²) < 4.78 is 31.9. The predicted octanol–water partition coefficient (Wildman–Crippen LogP) is 0.0282. The summed E-state index contributed by atoms with van der Waals surface area (Å²) in [7, 11) is -3.95. The van der Waals surface area contributed by atoms with Gasteiger partial charge < -0.3 is 0 Å². The van der Waals surface area contributed by atoms with Crippen molar-refractivity contribution in [2.45, 2.75) is 13.0 Å². The van der Waals surface area contributed by atoms with E-state index in [4.69, 9.17) is 4.55 Å². The highest BCUT2D eigenvalue weighted by molar-refractivity contribution is 7.85. The van der Waals surface area contributed by atoms with Crippen LogP contribution in [0.25, 0.3) is 6.20 Å². The molecule has 0 fully saturated rings. The summed E-state index contributed by atoms with van der Waals surface area (Å²) >= 11 is 0. The number of rotatable bonds is 5. The van der Waals surface area contributed by atoms with Gasteiger partial charge in [0.15, 0.2) is 0 Å². The van der Waals surface area contributed by atoms with E-state index in [0.717, 1.165) is 0 Å². The topological polar surface area (TPSA) is 81.3 Å². The Morgan fingerprint density at radius 3 is 2.60 bits per heavy atom. The normalized spacial score (nSPS) is 11.5. The first-order valence-corrected chi connectivity index (χ1v) is 5.90. The summed E-state index contributed by atoms with van der Waals surface area (Å²) in [5.74, 6) is -0.349. The van der Waals surface area contributed by atoms with Crippen LogP contribution in [0.5, 0.6) is 0 Å². The minimum atomic E-state index is -3.95. The summed E-state index contributed by atoms with van der Waals surface area (Å²) in [6.45, 7) is 3.69. The molecule has 0 saturated carbocycles. The lowest BCUT2D eigenvalue weighted by Gasteiger charge is -1.99. The van der Waals surface area contributed by atoms with Crippen molar-refractivity contribution >= 4 is 16.3 Å². The van der Waals surface area contributed by atoms with Crippen molar-refractivity contribution in [3.63, 3.8) is 0 Å². The molecular formula is C8H12N2O4S. The number of hydrogen-bond donors (Lipinski definition) is 1. The zero-order valence-corrected chi connectivity index (χ0v) is 8.85. The van der Waals surface area contributed by atoms with E-state index < -0.39 is 10.1 Å². The molecule has 0 aliphatic carbocycles. The van der Waals surface area contributed by atoms with Crippen LogP contribution in [0.15, 0.2) is 23.8 Å². The predicted molar refractivity (Wildman–Crippen MR) is 56.1 cm³/mol. The lowest BCUT2D eigenvalue weighted by Crippen LogP contribution is -2.22. The molecule has 1 N–H and O–H groups in total. The second-order valence-corrected chi connectivity index (χ2v) is 4.58. The minimum absolute atomic E-state index is 0.194. The van der Waals surface area contributed by atoms with Crippen molar-refractivity contribution in [1.29, 1.82) is 0 Å². The summed E-state index contributed by atoms with van der Waals surface area (Å²) in [6, 6.07) is 0. The first-order chi connectivity index (χ1) is 6.94. The lowest BCUT2D eigenvalue weighted by atomic mass is 10.5. The number of nitrogens with zero attached hydrogens (tertiary/aromatic N) is 2. The van der Waals surface area contributed by atoms with Gasteiger partial charge in [-0.25, -0.2) is 4.79 Å². The van der Waals surface area contributed by atoms with Gasteiger partial charge in [-0.3, -0.25) is 13.7 Å². The lowest BCUT2D eigenvalue weighted by molar-refractivity contribution is 0.478. The molecule has 0 spiro atoms. The first-order valence-electron chi connectivity index (χ1n) is 4.29. The Bertz CT molecular complexity index is 497. The van der Waals surface area contributed by atoms with Gasteiger partial charge in [0.1, 0.15) is 0 Å². The highest BCUT2D eigenvalue weighted by atomic mass is 32.2. The summed E-state index contributed by atoms with van der Waals surface area (Å²) in [5.41, 5.74) is -0.277. The first kappa shape index (κ1) is 11.7. The summed E-state index contributed by atoms with van der Waals surface area (Å²) in [5, 5.41) is 0. The Labute approximate surface area is 87.2 Å². The third-order valence-corrected chi connectivity index (χ3v) is 2.68. The fourth-order valence-corrected chi connectivity index (χ4v) is 1.65. The third kappa shape index (κ3) is 3.37. The molecule has 7 heteroatoms. The van der Waals surface area contributed by atoms with Crippen molar-refractivity contribution in [1.82, 2.24) is 9.13 Å². The largest absolute Gasteiger partial charge is 0.332 e. The molecule has 0 aliphatic rings. The van der Waals surface area contributed by atoms with Gasteiger partial charge in [0.2, 0.25) is 0 Å². The zero-order valence-electron chi connectivity index (χ0n) is 8.04. The van der Waals surface area contributed by atoms with Gasteiger partial charge in [-0.05, 0) is 6.42 Å². The van der Waals surface area contributed by atoms with Crippen LogP contribution >= 0.6 is 0 Å². The van der Waals surface area contributed by atoms with Gasteiger partial charge in [0.25, 0.3) is 10.1 Å². The van der Waals surface area contributed by atoms with E-state index in [1.165, 1.54) is 27.7 Å². The van der Waals surface area contributed by atoms with E-state index in [2.05, 4.69) is 6.58 Å². The average Bonchev–Trinajstić information content (AvgIpc) is 2.46. The second kappa shape index (κ2) is 4.45. The fraction of sp³-hybridized carbons (Fsp3) is 0.375. The minimum Gasteiger partial charge on any atom is -0.299 e. The van der Waals surface area contributed by atoms with Crippen LogP contribution in [0.4, 0.5) is 0 Å². The standard InChI is InChI=1S/C8H12N2O4S/c1-2-9-5-6-10(8(9)11)4-3-7-15(12,13)14/h2,5-6H,1,3-4,7H2,(H,12,13,14). The molecule has 1 aromatic heterocycles. The Balaban J connectivity index is 2.63. The van der Waals surface area contributed by atoms with E-state index in [0.29, 0.717) is 0 Å². The highest BCUT2D eigenvalue weighted by Gasteiger charge is 2.05. The van der Waals surface area contributed by atoms with E-state index >= 15 is 0 Å². The van der Waals surface area contributed by atoms with Crippen LogP contribution in [-0.2, 0) is 16.7 Å². The Morgan fingerprint density at radius 1 is 1.47 bits per heavy atom. The van der Waals surface area contributed by atoms with Crippen LogP contribution < -0.4 is 5.69 Å². The molecule has 0 aromatic carbocycles. The zero-order chi connectivity index (χ0) is 11.5. The van der Waals surface area contributed by atoms with Gasteiger partial charge in [0, 0.05) is 25.1 Å². The Kier molecular flexibility index (Phi) is 3.48. The Morgan fingerprint density at radius 2 is 2.13 bits per heavy atom. The number of aryl methyl sites for hydroxylation is 1. The van der Waals surface area contributed by atoms with Crippen molar-refractivity contribution in [3.05, 3.63) is 29.5 Å². The quantitative estimate of drug-likeness (QED) is 0.726. The molecule has 1 heterocycles. The van der Waals surface area contributed by atoms with Crippen LogP contribution in [0.3, 0.4) is 0 Å². The maximum Gasteiger partial charge on any atom is 0.332 e. The van der Waals surface area contributed by atoms with Crippen LogP contribution in [-0.4, -0.2) is 27.9 Å². The van der Waals surface area contributed by atoms with Crippen LogP contribution in [0, 0.1) is 0 Å². The smallest absolute Gasteiger partial charge is 0.299 e. The molecule has 1 rings (SSSR count).